The van der Waals surface area contributed by atoms with Crippen molar-refractivity contribution in [3.63, 3.8) is 0 Å². The number of aliphatic carboxylic acids is 1. The minimum Gasteiger partial charge on any atom is -0.480 e. The lowest BCUT2D eigenvalue weighted by Gasteiger charge is -2.14. The number of fused-ring (bicyclic) bond motifs is 1. The van der Waals surface area contributed by atoms with E-state index < -0.39 is 24.0 Å². The average molecular weight is 383 g/mol. The molecule has 11 nitrogen and oxygen atoms in total. The number of nitrogens with zero attached hydrogens (tertiary/aromatic N) is 4. The van der Waals surface area contributed by atoms with Gasteiger partial charge >= 0.3 is 5.97 Å². The van der Waals surface area contributed by atoms with Crippen molar-refractivity contribution in [1.82, 2.24) is 24.4 Å². The fourth-order valence-electron chi connectivity index (χ4n) is 2.54. The van der Waals surface area contributed by atoms with Gasteiger partial charge in [0.1, 0.15) is 31.1 Å². The van der Waals surface area contributed by atoms with Crippen LogP contribution in [0.15, 0.2) is 35.4 Å². The van der Waals surface area contributed by atoms with E-state index in [2.05, 4.69) is 15.0 Å². The van der Waals surface area contributed by atoms with E-state index in [-0.39, 0.29) is 23.5 Å². The number of H-pyrrole nitrogens is 1. The summed E-state index contributed by atoms with van der Waals surface area (Å²) in [5, 5.41) is 16.2. The van der Waals surface area contributed by atoms with Gasteiger partial charge in [-0.3, -0.25) is 24.4 Å². The second-order valence-electron chi connectivity index (χ2n) is 6.10. The van der Waals surface area contributed by atoms with Gasteiger partial charge in [0.25, 0.3) is 5.56 Å². The van der Waals surface area contributed by atoms with Crippen LogP contribution < -0.4 is 11.3 Å². The van der Waals surface area contributed by atoms with Crippen molar-refractivity contribution in [1.29, 1.82) is 5.41 Å². The Hall–Kier alpha value is -4.02. The molecular formula is C17H17N7O4. The molecule has 0 aliphatic rings. The van der Waals surface area contributed by atoms with Gasteiger partial charge in [-0.15, -0.1) is 0 Å². The summed E-state index contributed by atoms with van der Waals surface area (Å²) >= 11 is 0. The molecule has 1 aromatic carbocycles. The molecule has 2 aromatic heterocycles. The molecule has 0 unspecified atom stereocenters. The number of hydrogen-bond acceptors (Lipinski definition) is 6. The van der Waals surface area contributed by atoms with Gasteiger partial charge in [0.05, 0.1) is 0 Å². The van der Waals surface area contributed by atoms with Gasteiger partial charge in [0.2, 0.25) is 5.91 Å². The lowest BCUT2D eigenvalue weighted by molar-refractivity contribution is -0.143. The van der Waals surface area contributed by atoms with E-state index in [0.29, 0.717) is 17.0 Å². The number of nitrogens with two attached hydrogens (primary N) is 1. The normalized spacial score (nSPS) is 10.8. The van der Waals surface area contributed by atoms with E-state index >= 15 is 0 Å². The molecule has 0 fully saturated rings. The number of carbonyl (C=O) groups is 2. The molecule has 0 bridgehead atoms. The van der Waals surface area contributed by atoms with E-state index in [0.717, 1.165) is 9.47 Å². The number of amidine groups is 1. The van der Waals surface area contributed by atoms with Crippen molar-refractivity contribution < 1.29 is 14.7 Å². The summed E-state index contributed by atoms with van der Waals surface area (Å²) < 4.78 is 1.09. The molecule has 11 heteroatoms. The summed E-state index contributed by atoms with van der Waals surface area (Å²) in [5.74, 6) is -1.34. The van der Waals surface area contributed by atoms with Crippen LogP contribution in [0.3, 0.4) is 0 Å². The Morgan fingerprint density at radius 2 is 2.00 bits per heavy atom. The first kappa shape index (κ1) is 18.8. The first-order valence-corrected chi connectivity index (χ1v) is 8.12. The number of aromatic amines is 1. The minimum absolute atomic E-state index is 0.0572. The number of hydrogen-bond donors (Lipinski definition) is 4. The Balaban J connectivity index is 1.90. The van der Waals surface area contributed by atoms with Crippen LogP contribution in [0.4, 0.5) is 0 Å². The molecule has 144 valence electrons. The van der Waals surface area contributed by atoms with Crippen LogP contribution in [-0.2, 0) is 16.1 Å². The van der Waals surface area contributed by atoms with Crippen LogP contribution in [-0.4, -0.2) is 60.8 Å². The zero-order chi connectivity index (χ0) is 20.4. The van der Waals surface area contributed by atoms with Gasteiger partial charge in [-0.25, -0.2) is 9.97 Å². The standard InChI is InChI=1S/C17H17N7O4/c1-23(7-12(26)27)11(25)6-24-8-20-16-13(17(24)28)21-15(22-16)10-4-2-9(3-5-10)14(18)19/h2-5,8H,6-7H2,1H3,(H3,18,19)(H,21,22)(H,26,27). The molecule has 3 aromatic rings. The molecule has 28 heavy (non-hydrogen) atoms. The van der Waals surface area contributed by atoms with Gasteiger partial charge < -0.3 is 20.7 Å². The Morgan fingerprint density at radius 1 is 1.32 bits per heavy atom. The smallest absolute Gasteiger partial charge is 0.323 e. The highest BCUT2D eigenvalue weighted by atomic mass is 16.4. The predicted octanol–water partition coefficient (Wildman–Crippen LogP) is -0.386. The zero-order valence-corrected chi connectivity index (χ0v) is 14.8. The highest BCUT2D eigenvalue weighted by Gasteiger charge is 2.16. The molecule has 0 aliphatic carbocycles. The molecule has 0 radical (unpaired) electrons. The Kier molecular flexibility index (Phi) is 4.90. The van der Waals surface area contributed by atoms with Crippen LogP contribution >= 0.6 is 0 Å². The quantitative estimate of drug-likeness (QED) is 0.331. The molecular weight excluding hydrogens is 366 g/mol. The van der Waals surface area contributed by atoms with E-state index in [1.165, 1.54) is 13.4 Å². The van der Waals surface area contributed by atoms with Crippen LogP contribution in [0.1, 0.15) is 5.56 Å². The Morgan fingerprint density at radius 3 is 2.61 bits per heavy atom. The molecule has 5 N–H and O–H groups in total. The maximum Gasteiger partial charge on any atom is 0.323 e. The molecule has 2 heterocycles. The second-order valence-corrected chi connectivity index (χ2v) is 6.10. The zero-order valence-electron chi connectivity index (χ0n) is 14.8. The largest absolute Gasteiger partial charge is 0.480 e. The average Bonchev–Trinajstić information content (AvgIpc) is 3.08. The molecule has 0 saturated carbocycles. The number of nitrogen functional groups attached to an aromatic ring is 1. The second kappa shape index (κ2) is 7.31. The topological polar surface area (TPSA) is 171 Å². The van der Waals surface area contributed by atoms with Crippen molar-refractivity contribution in [3.05, 3.63) is 46.5 Å². The third-order valence-corrected chi connectivity index (χ3v) is 4.05. The van der Waals surface area contributed by atoms with E-state index in [1.807, 2.05) is 0 Å². The molecule has 1 amide bonds. The summed E-state index contributed by atoms with van der Waals surface area (Å²) in [7, 11) is 1.34. The number of aromatic nitrogens is 4. The van der Waals surface area contributed by atoms with Crippen molar-refractivity contribution in [2.24, 2.45) is 5.73 Å². The fourth-order valence-corrected chi connectivity index (χ4v) is 2.54. The number of rotatable bonds is 6. The van der Waals surface area contributed by atoms with Gasteiger partial charge in [0, 0.05) is 18.2 Å². The summed E-state index contributed by atoms with van der Waals surface area (Å²) in [6, 6.07) is 6.73. The van der Waals surface area contributed by atoms with Crippen LogP contribution in [0.2, 0.25) is 0 Å². The monoisotopic (exact) mass is 383 g/mol. The number of likely N-dealkylation sites (N-methyl/N-ethyl adjacent to an activating group) is 1. The van der Waals surface area contributed by atoms with Gasteiger partial charge in [-0.1, -0.05) is 24.3 Å². The van der Waals surface area contributed by atoms with Crippen molar-refractivity contribution in [3.8, 4) is 11.4 Å². The van der Waals surface area contributed by atoms with Crippen molar-refractivity contribution in [2.45, 2.75) is 6.54 Å². The number of imidazole rings is 1. The summed E-state index contributed by atoms with van der Waals surface area (Å²) in [4.78, 5) is 47.6. The SMILES string of the molecule is CN(CC(=O)O)C(=O)Cn1cnc2nc(-c3ccc(C(=N)N)cc3)[nH]c2c1=O. The van der Waals surface area contributed by atoms with Crippen LogP contribution in [0.25, 0.3) is 22.6 Å². The lowest BCUT2D eigenvalue weighted by atomic mass is 10.1. The maximum atomic E-state index is 12.6. The van der Waals surface area contributed by atoms with Crippen molar-refractivity contribution >= 4 is 28.9 Å². The maximum absolute atomic E-state index is 12.6. The predicted molar refractivity (Wildman–Crippen MR) is 99.9 cm³/mol. The highest BCUT2D eigenvalue weighted by molar-refractivity contribution is 5.95. The van der Waals surface area contributed by atoms with Crippen molar-refractivity contribution in [2.75, 3.05) is 13.6 Å². The van der Waals surface area contributed by atoms with Gasteiger partial charge in [-0.05, 0) is 0 Å². The highest BCUT2D eigenvalue weighted by Crippen LogP contribution is 2.18. The summed E-state index contributed by atoms with van der Waals surface area (Å²) in [5.41, 5.74) is 6.48. The third-order valence-electron chi connectivity index (χ3n) is 4.05. The van der Waals surface area contributed by atoms with Crippen LogP contribution in [0.5, 0.6) is 0 Å². The van der Waals surface area contributed by atoms with E-state index in [4.69, 9.17) is 16.2 Å². The van der Waals surface area contributed by atoms with Crippen LogP contribution in [0, 0.1) is 5.41 Å². The Bertz CT molecular complexity index is 1130. The number of benzene rings is 1. The van der Waals surface area contributed by atoms with Gasteiger partial charge in [-0.2, -0.15) is 0 Å². The summed E-state index contributed by atoms with van der Waals surface area (Å²) in [6.45, 7) is -0.805. The fraction of sp³-hybridized carbons (Fsp3) is 0.176. The van der Waals surface area contributed by atoms with E-state index in [1.54, 1.807) is 24.3 Å². The molecule has 0 atom stereocenters. The number of nitrogens with one attached hydrogen (secondary N) is 2. The lowest BCUT2D eigenvalue weighted by Crippen LogP contribution is -2.37. The molecule has 0 spiro atoms. The molecule has 0 saturated heterocycles. The number of amides is 1. The number of carboxylic acid groups (broad SMARTS) is 1. The first-order valence-electron chi connectivity index (χ1n) is 8.12. The Labute approximate surface area is 158 Å². The first-order chi connectivity index (χ1) is 13.3. The molecule has 3 rings (SSSR count). The summed E-state index contributed by atoms with van der Waals surface area (Å²) in [6.07, 6.45) is 1.20. The number of carbonyl (C=O) groups excluding carboxylic acids is 1. The molecule has 0 aliphatic heterocycles. The van der Waals surface area contributed by atoms with E-state index in [9.17, 15) is 14.4 Å². The third kappa shape index (κ3) is 3.72. The van der Waals surface area contributed by atoms with Gasteiger partial charge in [0.15, 0.2) is 11.2 Å². The minimum atomic E-state index is -1.15. The number of carboxylic acids is 1.